The van der Waals surface area contributed by atoms with Crippen LogP contribution in [-0.4, -0.2) is 29.7 Å². The number of carbonyl (C=O) groups excluding carboxylic acids is 1. The van der Waals surface area contributed by atoms with Crippen LogP contribution >= 0.6 is 11.6 Å². The summed E-state index contributed by atoms with van der Waals surface area (Å²) in [7, 11) is 0. The summed E-state index contributed by atoms with van der Waals surface area (Å²) < 4.78 is 6.77. The summed E-state index contributed by atoms with van der Waals surface area (Å²) in [5, 5.41) is 3.73. The van der Waals surface area contributed by atoms with E-state index in [2.05, 4.69) is 5.32 Å². The molecule has 1 aromatic heterocycles. The summed E-state index contributed by atoms with van der Waals surface area (Å²) in [6.45, 7) is 3.38. The molecule has 25 heavy (non-hydrogen) atoms. The Bertz CT molecular complexity index is 818. The van der Waals surface area contributed by atoms with Crippen molar-refractivity contribution in [3.05, 3.63) is 69.1 Å². The quantitative estimate of drug-likeness (QED) is 0.772. The topological polar surface area (TPSA) is 60.3 Å². The normalized spacial score (nSPS) is 18.8. The van der Waals surface area contributed by atoms with Crippen molar-refractivity contribution in [1.82, 2.24) is 9.88 Å². The van der Waals surface area contributed by atoms with E-state index in [1.54, 1.807) is 12.3 Å². The van der Waals surface area contributed by atoms with Gasteiger partial charge in [0.15, 0.2) is 0 Å². The molecule has 1 N–H and O–H groups in total. The summed E-state index contributed by atoms with van der Waals surface area (Å²) in [5.74, 6) is 0.131. The molecule has 1 saturated carbocycles. The van der Waals surface area contributed by atoms with Gasteiger partial charge in [0.05, 0.1) is 12.2 Å². The lowest BCUT2D eigenvalue weighted by atomic mass is 10.1. The van der Waals surface area contributed by atoms with Gasteiger partial charge in [-0.1, -0.05) is 23.7 Å². The van der Waals surface area contributed by atoms with Crippen LogP contribution in [0.2, 0.25) is 5.02 Å². The zero-order valence-corrected chi connectivity index (χ0v) is 14.8. The van der Waals surface area contributed by atoms with E-state index in [4.69, 9.17) is 16.3 Å². The van der Waals surface area contributed by atoms with Crippen LogP contribution in [0, 0.1) is 0 Å². The summed E-state index contributed by atoms with van der Waals surface area (Å²) in [5.41, 5.74) is 1.48. The fourth-order valence-corrected chi connectivity index (χ4v) is 3.06. The van der Waals surface area contributed by atoms with Gasteiger partial charge in [0.25, 0.3) is 11.5 Å². The lowest BCUT2D eigenvalue weighted by Gasteiger charge is -2.09. The molecule has 0 aliphatic heterocycles. The minimum Gasteiger partial charge on any atom is -0.380 e. The molecule has 0 bridgehead atoms. The highest BCUT2D eigenvalue weighted by atomic mass is 35.5. The summed E-state index contributed by atoms with van der Waals surface area (Å²) >= 11 is 6.02. The molecule has 132 valence electrons. The van der Waals surface area contributed by atoms with Crippen LogP contribution in [0.4, 0.5) is 0 Å². The molecular formula is C19H21ClN2O3. The van der Waals surface area contributed by atoms with E-state index in [-0.39, 0.29) is 17.5 Å². The van der Waals surface area contributed by atoms with Gasteiger partial charge in [0.1, 0.15) is 0 Å². The van der Waals surface area contributed by atoms with Crippen LogP contribution in [0.1, 0.15) is 35.2 Å². The highest BCUT2D eigenvalue weighted by molar-refractivity contribution is 6.30. The molecule has 0 radical (unpaired) electrons. The predicted octanol–water partition coefficient (Wildman–Crippen LogP) is 2.82. The molecule has 6 heteroatoms. The molecule has 0 saturated heterocycles. The van der Waals surface area contributed by atoms with Crippen molar-refractivity contribution in [3.8, 4) is 0 Å². The Hall–Kier alpha value is -2.11. The van der Waals surface area contributed by atoms with Crippen molar-refractivity contribution in [2.24, 2.45) is 0 Å². The number of nitrogens with zero attached hydrogens (tertiary/aromatic N) is 1. The number of nitrogens with one attached hydrogen (secondary N) is 1. The first-order chi connectivity index (χ1) is 12.1. The second-order valence-electron chi connectivity index (χ2n) is 6.12. The van der Waals surface area contributed by atoms with Gasteiger partial charge in [-0.3, -0.25) is 9.59 Å². The van der Waals surface area contributed by atoms with E-state index in [0.29, 0.717) is 36.3 Å². The summed E-state index contributed by atoms with van der Waals surface area (Å²) in [6.07, 6.45) is 2.49. The molecule has 1 aliphatic rings. The van der Waals surface area contributed by atoms with Crippen LogP contribution < -0.4 is 10.9 Å². The lowest BCUT2D eigenvalue weighted by Crippen LogP contribution is -2.29. The van der Waals surface area contributed by atoms with Gasteiger partial charge in [-0.2, -0.15) is 0 Å². The Morgan fingerprint density at radius 1 is 1.36 bits per heavy atom. The number of rotatable bonds is 7. The molecule has 0 unspecified atom stereocenters. The highest BCUT2D eigenvalue weighted by Crippen LogP contribution is 2.41. The van der Waals surface area contributed by atoms with Crippen molar-refractivity contribution in [3.63, 3.8) is 0 Å². The number of halogens is 1. The standard InChI is InChI=1S/C19H21ClN2O3/c1-2-25-9-8-22-12-14(6-7-18(22)23)19(24)21-17-11-16(17)13-4-3-5-15(20)10-13/h3-7,10,12,16-17H,2,8-9,11H2,1H3,(H,21,24)/t16-,17+/m0/s1. The zero-order chi connectivity index (χ0) is 17.8. The van der Waals surface area contributed by atoms with E-state index < -0.39 is 0 Å². The first-order valence-corrected chi connectivity index (χ1v) is 8.81. The number of ether oxygens (including phenoxy) is 1. The lowest BCUT2D eigenvalue weighted by molar-refractivity contribution is 0.0948. The Morgan fingerprint density at radius 3 is 2.96 bits per heavy atom. The Kier molecular flexibility index (Phi) is 5.56. The van der Waals surface area contributed by atoms with Crippen molar-refractivity contribution in [2.75, 3.05) is 13.2 Å². The number of hydrogen-bond donors (Lipinski definition) is 1. The second-order valence-corrected chi connectivity index (χ2v) is 6.56. The Morgan fingerprint density at radius 2 is 2.20 bits per heavy atom. The maximum atomic E-state index is 12.4. The third-order valence-electron chi connectivity index (χ3n) is 4.31. The number of benzene rings is 1. The number of hydrogen-bond acceptors (Lipinski definition) is 3. The maximum absolute atomic E-state index is 12.4. The largest absolute Gasteiger partial charge is 0.380 e. The second kappa shape index (κ2) is 7.85. The number of aromatic nitrogens is 1. The molecule has 0 spiro atoms. The molecule has 1 fully saturated rings. The smallest absolute Gasteiger partial charge is 0.253 e. The van der Waals surface area contributed by atoms with E-state index in [0.717, 1.165) is 12.0 Å². The molecular weight excluding hydrogens is 340 g/mol. The van der Waals surface area contributed by atoms with E-state index in [9.17, 15) is 9.59 Å². The van der Waals surface area contributed by atoms with Gasteiger partial charge in [-0.15, -0.1) is 0 Å². The van der Waals surface area contributed by atoms with E-state index in [1.807, 2.05) is 31.2 Å². The molecule has 2 aromatic rings. The third-order valence-corrected chi connectivity index (χ3v) is 4.55. The first kappa shape index (κ1) is 17.7. The van der Waals surface area contributed by atoms with Gasteiger partial charge in [-0.25, -0.2) is 0 Å². The van der Waals surface area contributed by atoms with Crippen LogP contribution in [-0.2, 0) is 11.3 Å². The molecule has 1 amide bonds. The van der Waals surface area contributed by atoms with Crippen molar-refractivity contribution >= 4 is 17.5 Å². The van der Waals surface area contributed by atoms with Gasteiger partial charge >= 0.3 is 0 Å². The number of carbonyl (C=O) groups is 1. The van der Waals surface area contributed by atoms with Crippen molar-refractivity contribution < 1.29 is 9.53 Å². The third kappa shape index (κ3) is 4.50. The molecule has 3 rings (SSSR count). The fourth-order valence-electron chi connectivity index (χ4n) is 2.86. The summed E-state index contributed by atoms with van der Waals surface area (Å²) in [6, 6.07) is 10.8. The van der Waals surface area contributed by atoms with Gasteiger partial charge in [0, 0.05) is 42.4 Å². The zero-order valence-electron chi connectivity index (χ0n) is 14.1. The average molecular weight is 361 g/mol. The fraction of sp³-hybridized carbons (Fsp3) is 0.368. The van der Waals surface area contributed by atoms with Crippen LogP contribution in [0.3, 0.4) is 0 Å². The Labute approximate surface area is 151 Å². The number of amides is 1. The first-order valence-electron chi connectivity index (χ1n) is 8.43. The molecule has 1 heterocycles. The van der Waals surface area contributed by atoms with E-state index >= 15 is 0 Å². The minimum atomic E-state index is -0.167. The van der Waals surface area contributed by atoms with Crippen molar-refractivity contribution in [2.45, 2.75) is 31.8 Å². The van der Waals surface area contributed by atoms with Gasteiger partial charge in [0.2, 0.25) is 0 Å². The number of pyridine rings is 1. The van der Waals surface area contributed by atoms with Crippen LogP contribution in [0.5, 0.6) is 0 Å². The molecule has 5 nitrogen and oxygen atoms in total. The van der Waals surface area contributed by atoms with Crippen molar-refractivity contribution in [1.29, 1.82) is 0 Å². The average Bonchev–Trinajstić information content (AvgIpc) is 3.36. The minimum absolute atomic E-state index is 0.106. The predicted molar refractivity (Wildman–Crippen MR) is 97.3 cm³/mol. The molecule has 2 atom stereocenters. The van der Waals surface area contributed by atoms with Crippen LogP contribution in [0.25, 0.3) is 0 Å². The van der Waals surface area contributed by atoms with Gasteiger partial charge in [-0.05, 0) is 37.1 Å². The maximum Gasteiger partial charge on any atom is 0.253 e. The van der Waals surface area contributed by atoms with Gasteiger partial charge < -0.3 is 14.6 Å². The van der Waals surface area contributed by atoms with Crippen LogP contribution in [0.15, 0.2) is 47.4 Å². The SMILES string of the molecule is CCOCCn1cc(C(=O)N[C@@H]2C[C@H]2c2cccc(Cl)c2)ccc1=O. The summed E-state index contributed by atoms with van der Waals surface area (Å²) in [4.78, 5) is 24.3. The molecule has 1 aliphatic carbocycles. The Balaban J connectivity index is 1.62. The molecule has 1 aromatic carbocycles. The van der Waals surface area contributed by atoms with E-state index in [1.165, 1.54) is 10.6 Å². The highest BCUT2D eigenvalue weighted by Gasteiger charge is 2.39. The monoisotopic (exact) mass is 360 g/mol.